The zero-order valence-corrected chi connectivity index (χ0v) is 20.4. The van der Waals surface area contributed by atoms with Crippen LogP contribution in [0.15, 0.2) is 47.5 Å². The predicted octanol–water partition coefficient (Wildman–Crippen LogP) is 4.42. The highest BCUT2D eigenvalue weighted by atomic mass is 32.2. The van der Waals surface area contributed by atoms with Gasteiger partial charge >= 0.3 is 0 Å². The van der Waals surface area contributed by atoms with E-state index in [1.54, 1.807) is 10.7 Å². The molecule has 33 heavy (non-hydrogen) atoms. The predicted molar refractivity (Wildman–Crippen MR) is 131 cm³/mol. The summed E-state index contributed by atoms with van der Waals surface area (Å²) in [6.07, 6.45) is 0. The van der Waals surface area contributed by atoms with E-state index >= 15 is 0 Å². The number of nitrogen functional groups attached to an aromatic ring is 1. The van der Waals surface area contributed by atoms with Gasteiger partial charge in [-0.05, 0) is 56.2 Å². The minimum absolute atomic E-state index is 0.121. The van der Waals surface area contributed by atoms with Crippen molar-refractivity contribution >= 4 is 32.7 Å². The summed E-state index contributed by atoms with van der Waals surface area (Å²) in [4.78, 5) is 8.84. The summed E-state index contributed by atoms with van der Waals surface area (Å²) < 4.78 is 30.4. The van der Waals surface area contributed by atoms with Gasteiger partial charge in [-0.25, -0.2) is 14.6 Å². The van der Waals surface area contributed by atoms with Crippen LogP contribution < -0.4 is 10.5 Å². The lowest BCUT2D eigenvalue weighted by molar-refractivity contribution is 0.570. The van der Waals surface area contributed by atoms with Crippen LogP contribution >= 0.6 is 0 Å². The standard InChI is InChI=1S/C24H28N6O2S/c1-14-12-15(2)21(16(3)13-14)30-23-17(10-11-18(26-23)24(4,5)6)22(28-30)29-33(31,32)20-9-7-8-19(25)27-20/h7-13H,1-6H3,(H2,25,27)(H,28,29). The number of benzene rings is 1. The molecule has 0 aliphatic rings. The monoisotopic (exact) mass is 464 g/mol. The molecule has 4 aromatic rings. The van der Waals surface area contributed by atoms with Crippen molar-refractivity contribution in [1.29, 1.82) is 0 Å². The number of nitrogens with two attached hydrogens (primary N) is 1. The molecule has 0 radical (unpaired) electrons. The Morgan fingerprint density at radius 1 is 0.970 bits per heavy atom. The number of rotatable bonds is 4. The Morgan fingerprint density at radius 3 is 2.24 bits per heavy atom. The molecule has 172 valence electrons. The molecule has 9 heteroatoms. The van der Waals surface area contributed by atoms with Crippen molar-refractivity contribution in [3.63, 3.8) is 0 Å². The average Bonchev–Trinajstić information content (AvgIpc) is 3.03. The minimum atomic E-state index is -4.01. The summed E-state index contributed by atoms with van der Waals surface area (Å²) in [5, 5.41) is 5.09. The number of aromatic nitrogens is 4. The van der Waals surface area contributed by atoms with Crippen LogP contribution in [-0.2, 0) is 15.4 Å². The number of nitrogens with zero attached hydrogens (tertiary/aromatic N) is 4. The van der Waals surface area contributed by atoms with Gasteiger partial charge in [0.2, 0.25) is 0 Å². The maximum atomic E-state index is 13.0. The number of anilines is 2. The van der Waals surface area contributed by atoms with Crippen LogP contribution in [-0.4, -0.2) is 28.2 Å². The first-order valence-corrected chi connectivity index (χ1v) is 12.1. The number of aryl methyl sites for hydroxylation is 3. The Balaban J connectivity index is 1.96. The Morgan fingerprint density at radius 2 is 1.64 bits per heavy atom. The van der Waals surface area contributed by atoms with Crippen LogP contribution in [0.5, 0.6) is 0 Å². The Labute approximate surface area is 193 Å². The average molecular weight is 465 g/mol. The fourth-order valence-corrected chi connectivity index (χ4v) is 4.90. The number of fused-ring (bicyclic) bond motifs is 1. The van der Waals surface area contributed by atoms with Crippen molar-refractivity contribution in [2.45, 2.75) is 52.0 Å². The summed E-state index contributed by atoms with van der Waals surface area (Å²) in [7, 11) is -4.01. The Bertz CT molecular complexity index is 1460. The van der Waals surface area contributed by atoms with Gasteiger partial charge in [0.15, 0.2) is 16.5 Å². The molecule has 0 atom stereocenters. The van der Waals surface area contributed by atoms with E-state index in [0.29, 0.717) is 11.0 Å². The van der Waals surface area contributed by atoms with Gasteiger partial charge in [0, 0.05) is 11.1 Å². The van der Waals surface area contributed by atoms with Gasteiger partial charge < -0.3 is 5.73 Å². The first kappa shape index (κ1) is 22.7. The molecule has 1 aromatic carbocycles. The first-order chi connectivity index (χ1) is 15.4. The molecule has 3 N–H and O–H groups in total. The molecule has 0 saturated carbocycles. The number of nitrogens with one attached hydrogen (secondary N) is 1. The Kier molecular flexibility index (Phi) is 5.40. The molecule has 0 saturated heterocycles. The van der Waals surface area contributed by atoms with Crippen molar-refractivity contribution < 1.29 is 8.42 Å². The molecule has 3 heterocycles. The van der Waals surface area contributed by atoms with E-state index in [2.05, 4.69) is 47.7 Å². The third-order valence-corrected chi connectivity index (χ3v) is 6.64. The molecule has 0 spiro atoms. The molecular weight excluding hydrogens is 436 g/mol. The smallest absolute Gasteiger partial charge is 0.280 e. The van der Waals surface area contributed by atoms with E-state index in [0.717, 1.165) is 28.1 Å². The van der Waals surface area contributed by atoms with Crippen molar-refractivity contribution in [3.8, 4) is 5.69 Å². The molecule has 0 aliphatic carbocycles. The summed E-state index contributed by atoms with van der Waals surface area (Å²) in [6, 6.07) is 12.4. The van der Waals surface area contributed by atoms with Crippen molar-refractivity contribution in [2.24, 2.45) is 0 Å². The summed E-state index contributed by atoms with van der Waals surface area (Å²) >= 11 is 0. The molecule has 0 amide bonds. The molecule has 0 bridgehead atoms. The normalized spacial score (nSPS) is 12.3. The second kappa shape index (κ2) is 7.84. The molecule has 0 aliphatic heterocycles. The van der Waals surface area contributed by atoms with Crippen LogP contribution in [0.2, 0.25) is 0 Å². The zero-order valence-electron chi connectivity index (χ0n) is 19.6. The van der Waals surface area contributed by atoms with Crippen molar-refractivity contribution in [1.82, 2.24) is 19.7 Å². The third-order valence-electron chi connectivity index (χ3n) is 5.40. The van der Waals surface area contributed by atoms with E-state index in [1.165, 1.54) is 12.1 Å². The largest absolute Gasteiger partial charge is 0.384 e. The fraction of sp³-hybridized carbons (Fsp3) is 0.292. The fourth-order valence-electron chi connectivity index (χ4n) is 3.91. The zero-order chi connectivity index (χ0) is 24.1. The highest BCUT2D eigenvalue weighted by Crippen LogP contribution is 2.32. The molecule has 4 rings (SSSR count). The van der Waals surface area contributed by atoms with Crippen LogP contribution in [0, 0.1) is 20.8 Å². The first-order valence-electron chi connectivity index (χ1n) is 10.6. The number of hydrogen-bond donors (Lipinski definition) is 2. The molecule has 8 nitrogen and oxygen atoms in total. The van der Waals surface area contributed by atoms with Crippen molar-refractivity contribution in [3.05, 3.63) is 64.8 Å². The van der Waals surface area contributed by atoms with Gasteiger partial charge in [-0.2, -0.15) is 8.42 Å². The topological polar surface area (TPSA) is 116 Å². The number of sulfonamides is 1. The molecule has 3 aromatic heterocycles. The maximum absolute atomic E-state index is 13.0. The second-order valence-corrected chi connectivity index (χ2v) is 11.0. The molecule has 0 unspecified atom stereocenters. The lowest BCUT2D eigenvalue weighted by Crippen LogP contribution is -2.16. The van der Waals surface area contributed by atoms with Crippen LogP contribution in [0.3, 0.4) is 0 Å². The van der Waals surface area contributed by atoms with E-state index in [4.69, 9.17) is 10.7 Å². The van der Waals surface area contributed by atoms with Gasteiger partial charge in [0.25, 0.3) is 10.0 Å². The van der Waals surface area contributed by atoms with Gasteiger partial charge in [0.1, 0.15) is 5.82 Å². The summed E-state index contributed by atoms with van der Waals surface area (Å²) in [6.45, 7) is 12.3. The van der Waals surface area contributed by atoms with E-state index in [1.807, 2.05) is 32.9 Å². The second-order valence-electron chi connectivity index (χ2n) is 9.33. The molecular formula is C24H28N6O2S. The lowest BCUT2D eigenvalue weighted by atomic mass is 9.91. The van der Waals surface area contributed by atoms with E-state index in [-0.39, 0.29) is 22.1 Å². The van der Waals surface area contributed by atoms with Crippen LogP contribution in [0.4, 0.5) is 11.6 Å². The van der Waals surface area contributed by atoms with Crippen LogP contribution in [0.1, 0.15) is 43.2 Å². The quantitative estimate of drug-likeness (QED) is 0.462. The SMILES string of the molecule is Cc1cc(C)c(-n2nc(NS(=O)(=O)c3cccc(N)n3)c3ccc(C(C)(C)C)nc32)c(C)c1. The van der Waals surface area contributed by atoms with Crippen molar-refractivity contribution in [2.75, 3.05) is 10.5 Å². The highest BCUT2D eigenvalue weighted by molar-refractivity contribution is 7.92. The highest BCUT2D eigenvalue weighted by Gasteiger charge is 2.24. The van der Waals surface area contributed by atoms with Crippen LogP contribution in [0.25, 0.3) is 16.7 Å². The van der Waals surface area contributed by atoms with Gasteiger partial charge in [-0.1, -0.05) is 44.5 Å². The molecule has 0 fully saturated rings. The number of hydrogen-bond acceptors (Lipinski definition) is 6. The van der Waals surface area contributed by atoms with Gasteiger partial charge in [-0.15, -0.1) is 5.10 Å². The maximum Gasteiger partial charge on any atom is 0.280 e. The van der Waals surface area contributed by atoms with E-state index in [9.17, 15) is 8.42 Å². The van der Waals surface area contributed by atoms with Gasteiger partial charge in [-0.3, -0.25) is 4.72 Å². The lowest BCUT2D eigenvalue weighted by Gasteiger charge is -2.18. The summed E-state index contributed by atoms with van der Waals surface area (Å²) in [5.74, 6) is 0.303. The number of pyridine rings is 2. The summed E-state index contributed by atoms with van der Waals surface area (Å²) in [5.41, 5.74) is 11.0. The minimum Gasteiger partial charge on any atom is -0.384 e. The van der Waals surface area contributed by atoms with Gasteiger partial charge in [0.05, 0.1) is 11.1 Å². The third kappa shape index (κ3) is 4.28. The van der Waals surface area contributed by atoms with E-state index < -0.39 is 10.0 Å². The Hall–Kier alpha value is -3.46.